The van der Waals surface area contributed by atoms with Crippen molar-refractivity contribution >= 4 is 9.84 Å². The van der Waals surface area contributed by atoms with Crippen molar-refractivity contribution in [2.75, 3.05) is 6.26 Å². The maximum atomic E-state index is 13.6. The van der Waals surface area contributed by atoms with Gasteiger partial charge in [0.15, 0.2) is 9.84 Å². The highest BCUT2D eigenvalue weighted by Crippen LogP contribution is 2.21. The van der Waals surface area contributed by atoms with Crippen LogP contribution >= 0.6 is 0 Å². The molecule has 0 bridgehead atoms. The van der Waals surface area contributed by atoms with E-state index in [0.29, 0.717) is 5.56 Å². The van der Waals surface area contributed by atoms with Gasteiger partial charge in [-0.2, -0.15) is 0 Å². The van der Waals surface area contributed by atoms with E-state index >= 15 is 0 Å². The van der Waals surface area contributed by atoms with Gasteiger partial charge in [-0.05, 0) is 47.9 Å². The molecule has 0 aliphatic heterocycles. The van der Waals surface area contributed by atoms with Crippen LogP contribution in [0.4, 0.5) is 8.78 Å². The van der Waals surface area contributed by atoms with Crippen molar-refractivity contribution in [2.24, 2.45) is 5.73 Å². The molecular formula is C15H15F2NO2S. The molecule has 1 atom stereocenters. The van der Waals surface area contributed by atoms with E-state index in [9.17, 15) is 17.2 Å². The van der Waals surface area contributed by atoms with Gasteiger partial charge in [0, 0.05) is 12.3 Å². The summed E-state index contributed by atoms with van der Waals surface area (Å²) in [4.78, 5) is 0.148. The minimum absolute atomic E-state index is 0.0802. The predicted octanol–water partition coefficient (Wildman–Crippen LogP) is 2.61. The molecule has 0 radical (unpaired) electrons. The van der Waals surface area contributed by atoms with Crippen molar-refractivity contribution in [3.05, 3.63) is 65.2 Å². The molecule has 21 heavy (non-hydrogen) atoms. The molecule has 0 saturated carbocycles. The molecule has 0 spiro atoms. The quantitative estimate of drug-likeness (QED) is 0.944. The fraction of sp³-hybridized carbons (Fsp3) is 0.200. The van der Waals surface area contributed by atoms with Crippen LogP contribution < -0.4 is 5.73 Å². The second-order valence-corrected chi connectivity index (χ2v) is 6.91. The van der Waals surface area contributed by atoms with Gasteiger partial charge in [0.1, 0.15) is 11.6 Å². The van der Waals surface area contributed by atoms with E-state index in [2.05, 4.69) is 0 Å². The van der Waals surface area contributed by atoms with E-state index in [1.807, 2.05) is 0 Å². The average molecular weight is 311 g/mol. The van der Waals surface area contributed by atoms with Gasteiger partial charge in [0.05, 0.1) is 4.90 Å². The molecule has 2 N–H and O–H groups in total. The third-order valence-corrected chi connectivity index (χ3v) is 4.27. The van der Waals surface area contributed by atoms with Crippen molar-refractivity contribution in [3.8, 4) is 0 Å². The summed E-state index contributed by atoms with van der Waals surface area (Å²) in [6.07, 6.45) is 1.18. The summed E-state index contributed by atoms with van der Waals surface area (Å²) in [7, 11) is -3.34. The molecule has 2 aromatic rings. The highest BCUT2D eigenvalue weighted by atomic mass is 32.2. The third kappa shape index (κ3) is 3.86. The van der Waals surface area contributed by atoms with Crippen LogP contribution in [0, 0.1) is 11.6 Å². The van der Waals surface area contributed by atoms with Crippen LogP contribution in [-0.4, -0.2) is 14.7 Å². The monoisotopic (exact) mass is 311 g/mol. The van der Waals surface area contributed by atoms with Crippen LogP contribution in [-0.2, 0) is 16.3 Å². The lowest BCUT2D eigenvalue weighted by Gasteiger charge is -2.14. The highest BCUT2D eigenvalue weighted by Gasteiger charge is 2.14. The molecule has 0 saturated heterocycles. The largest absolute Gasteiger partial charge is 0.324 e. The van der Waals surface area contributed by atoms with Gasteiger partial charge in [-0.15, -0.1) is 0 Å². The summed E-state index contributed by atoms with van der Waals surface area (Å²) in [6, 6.07) is 8.72. The van der Waals surface area contributed by atoms with Gasteiger partial charge in [0.2, 0.25) is 0 Å². The standard InChI is InChI=1S/C15H15F2NO2S/c1-21(19,20)13-4-2-3-10(8-13)15(18)9-11-7-12(16)5-6-14(11)17/h2-8,15H,9,18H2,1H3. The number of benzene rings is 2. The molecule has 0 fully saturated rings. The van der Waals surface area contributed by atoms with Gasteiger partial charge < -0.3 is 5.73 Å². The normalized spacial score (nSPS) is 13.1. The molecule has 3 nitrogen and oxygen atoms in total. The zero-order valence-electron chi connectivity index (χ0n) is 11.4. The maximum absolute atomic E-state index is 13.6. The first-order valence-corrected chi connectivity index (χ1v) is 8.16. The Morgan fingerprint density at radius 2 is 1.86 bits per heavy atom. The minimum atomic E-state index is -3.34. The third-order valence-electron chi connectivity index (χ3n) is 3.16. The minimum Gasteiger partial charge on any atom is -0.324 e. The molecule has 112 valence electrons. The summed E-state index contributed by atoms with van der Waals surface area (Å²) in [5, 5.41) is 0. The molecule has 0 aliphatic carbocycles. The summed E-state index contributed by atoms with van der Waals surface area (Å²) < 4.78 is 49.8. The number of halogens is 2. The van der Waals surface area contributed by atoms with E-state index < -0.39 is 27.5 Å². The molecule has 0 heterocycles. The molecular weight excluding hydrogens is 296 g/mol. The van der Waals surface area contributed by atoms with Crippen molar-refractivity contribution in [1.29, 1.82) is 0 Å². The Hall–Kier alpha value is -1.79. The molecule has 0 amide bonds. The van der Waals surface area contributed by atoms with Crippen molar-refractivity contribution in [3.63, 3.8) is 0 Å². The predicted molar refractivity (Wildman–Crippen MR) is 76.5 cm³/mol. The van der Waals surface area contributed by atoms with E-state index in [0.717, 1.165) is 24.5 Å². The Morgan fingerprint density at radius 1 is 1.14 bits per heavy atom. The first-order valence-electron chi connectivity index (χ1n) is 6.27. The van der Waals surface area contributed by atoms with E-state index in [4.69, 9.17) is 5.73 Å². The summed E-state index contributed by atoms with van der Waals surface area (Å²) in [5.74, 6) is -1.07. The highest BCUT2D eigenvalue weighted by molar-refractivity contribution is 7.90. The second-order valence-electron chi connectivity index (χ2n) is 4.89. The van der Waals surface area contributed by atoms with Crippen molar-refractivity contribution in [1.82, 2.24) is 0 Å². The Kier molecular flexibility index (Phi) is 4.39. The fourth-order valence-corrected chi connectivity index (χ4v) is 2.71. The first-order chi connectivity index (χ1) is 9.77. The van der Waals surface area contributed by atoms with Gasteiger partial charge in [-0.25, -0.2) is 17.2 Å². The van der Waals surface area contributed by atoms with Crippen LogP contribution in [0.15, 0.2) is 47.4 Å². The number of hydrogen-bond donors (Lipinski definition) is 1. The molecule has 0 aromatic heterocycles. The SMILES string of the molecule is CS(=O)(=O)c1cccc(C(N)Cc2cc(F)ccc2F)c1. The van der Waals surface area contributed by atoms with Crippen LogP contribution in [0.3, 0.4) is 0 Å². The Bertz CT molecular complexity index is 760. The first kappa shape index (κ1) is 15.6. The van der Waals surface area contributed by atoms with Crippen molar-refractivity contribution in [2.45, 2.75) is 17.4 Å². The second kappa shape index (κ2) is 5.91. The van der Waals surface area contributed by atoms with Crippen LogP contribution in [0.25, 0.3) is 0 Å². The number of rotatable bonds is 4. The molecule has 2 aromatic carbocycles. The zero-order valence-corrected chi connectivity index (χ0v) is 12.2. The Balaban J connectivity index is 2.28. The topological polar surface area (TPSA) is 60.2 Å². The number of sulfone groups is 1. The van der Waals surface area contributed by atoms with Gasteiger partial charge in [-0.1, -0.05) is 12.1 Å². The molecule has 2 rings (SSSR count). The Labute approximate surface area is 122 Å². The Morgan fingerprint density at radius 3 is 2.52 bits per heavy atom. The summed E-state index contributed by atoms with van der Waals surface area (Å²) in [6.45, 7) is 0. The molecule has 0 aliphatic rings. The van der Waals surface area contributed by atoms with Gasteiger partial charge >= 0.3 is 0 Å². The average Bonchev–Trinajstić information content (AvgIpc) is 2.42. The fourth-order valence-electron chi connectivity index (χ4n) is 2.03. The van der Waals surface area contributed by atoms with E-state index in [1.54, 1.807) is 12.1 Å². The van der Waals surface area contributed by atoms with Crippen LogP contribution in [0.1, 0.15) is 17.2 Å². The zero-order chi connectivity index (χ0) is 15.6. The molecule has 6 heteroatoms. The lowest BCUT2D eigenvalue weighted by atomic mass is 9.99. The van der Waals surface area contributed by atoms with Crippen molar-refractivity contribution < 1.29 is 17.2 Å². The van der Waals surface area contributed by atoms with Crippen LogP contribution in [0.5, 0.6) is 0 Å². The lowest BCUT2D eigenvalue weighted by molar-refractivity contribution is 0.572. The number of nitrogens with two attached hydrogens (primary N) is 1. The molecule has 1 unspecified atom stereocenters. The number of hydrogen-bond acceptors (Lipinski definition) is 3. The van der Waals surface area contributed by atoms with E-state index in [-0.39, 0.29) is 16.9 Å². The van der Waals surface area contributed by atoms with Gasteiger partial charge in [-0.3, -0.25) is 0 Å². The van der Waals surface area contributed by atoms with Gasteiger partial charge in [0.25, 0.3) is 0 Å². The van der Waals surface area contributed by atoms with Crippen LogP contribution in [0.2, 0.25) is 0 Å². The maximum Gasteiger partial charge on any atom is 0.175 e. The summed E-state index contributed by atoms with van der Waals surface area (Å²) in [5.41, 5.74) is 6.69. The lowest BCUT2D eigenvalue weighted by Crippen LogP contribution is -2.15. The van der Waals surface area contributed by atoms with E-state index in [1.165, 1.54) is 12.1 Å². The smallest absolute Gasteiger partial charge is 0.175 e. The summed E-state index contributed by atoms with van der Waals surface area (Å²) >= 11 is 0.